The highest BCUT2D eigenvalue weighted by molar-refractivity contribution is 8.00. The third-order valence-electron chi connectivity index (χ3n) is 3.18. The molecule has 0 bridgehead atoms. The first-order chi connectivity index (χ1) is 11.0. The number of hydrogen-bond donors (Lipinski definition) is 2. The molecule has 0 heterocycles. The van der Waals surface area contributed by atoms with Crippen LogP contribution in [0, 0.1) is 0 Å². The zero-order valence-electron chi connectivity index (χ0n) is 12.9. The summed E-state index contributed by atoms with van der Waals surface area (Å²) in [5.41, 5.74) is 6.21. The van der Waals surface area contributed by atoms with E-state index >= 15 is 0 Å². The maximum absolute atomic E-state index is 12.2. The number of methoxy groups -OCH3 is 1. The number of hydrogen-bond acceptors (Lipinski definition) is 4. The number of rotatable bonds is 6. The number of ether oxygens (including phenoxy) is 1. The fourth-order valence-corrected chi connectivity index (χ4v) is 2.74. The molecule has 3 N–H and O–H groups in total. The van der Waals surface area contributed by atoms with Gasteiger partial charge in [-0.2, -0.15) is 0 Å². The predicted octanol–water partition coefficient (Wildman–Crippen LogP) is 2.91. The van der Waals surface area contributed by atoms with Gasteiger partial charge in [0.15, 0.2) is 0 Å². The summed E-state index contributed by atoms with van der Waals surface area (Å²) in [5, 5.41) is 2.55. The quantitative estimate of drug-likeness (QED) is 0.798. The van der Waals surface area contributed by atoms with Crippen LogP contribution in [0.15, 0.2) is 53.4 Å². The largest absolute Gasteiger partial charge is 0.497 e. The summed E-state index contributed by atoms with van der Waals surface area (Å²) in [6.45, 7) is 1.84. The van der Waals surface area contributed by atoms with Gasteiger partial charge in [0.05, 0.1) is 12.4 Å². The van der Waals surface area contributed by atoms with Gasteiger partial charge in [-0.3, -0.25) is 9.59 Å². The number of carbonyl (C=O) groups is 2. The number of nitrogens with one attached hydrogen (secondary N) is 1. The lowest BCUT2D eigenvalue weighted by Gasteiger charge is -2.12. The zero-order valence-corrected chi connectivity index (χ0v) is 13.7. The van der Waals surface area contributed by atoms with Crippen molar-refractivity contribution < 1.29 is 14.3 Å². The molecule has 120 valence electrons. The topological polar surface area (TPSA) is 81.4 Å². The molecule has 0 fully saturated rings. The molecule has 6 heteroatoms. The highest BCUT2D eigenvalue weighted by Crippen LogP contribution is 2.26. The SMILES string of the molecule is COc1ccc(SC(C)C(=O)Nc2ccc(C(N)=O)cc2)cc1. The van der Waals surface area contributed by atoms with E-state index in [9.17, 15) is 9.59 Å². The highest BCUT2D eigenvalue weighted by atomic mass is 32.2. The lowest BCUT2D eigenvalue weighted by molar-refractivity contribution is -0.115. The molecule has 0 aromatic heterocycles. The van der Waals surface area contributed by atoms with Crippen molar-refractivity contribution in [2.24, 2.45) is 5.73 Å². The van der Waals surface area contributed by atoms with Gasteiger partial charge in [-0.15, -0.1) is 11.8 Å². The van der Waals surface area contributed by atoms with Crippen molar-refractivity contribution in [3.8, 4) is 5.75 Å². The molecular formula is C17H18N2O3S. The van der Waals surface area contributed by atoms with Crippen LogP contribution in [0.5, 0.6) is 5.75 Å². The first-order valence-corrected chi connectivity index (χ1v) is 7.89. The lowest BCUT2D eigenvalue weighted by atomic mass is 10.2. The average Bonchev–Trinajstić information content (AvgIpc) is 2.56. The Morgan fingerprint density at radius 2 is 1.70 bits per heavy atom. The second-order valence-corrected chi connectivity index (χ2v) is 6.28. The van der Waals surface area contributed by atoms with Crippen molar-refractivity contribution in [1.82, 2.24) is 0 Å². The minimum absolute atomic E-state index is 0.113. The Morgan fingerprint density at radius 1 is 1.09 bits per heavy atom. The van der Waals surface area contributed by atoms with Gasteiger partial charge >= 0.3 is 0 Å². The third kappa shape index (κ3) is 4.75. The Morgan fingerprint density at radius 3 is 2.22 bits per heavy atom. The summed E-state index contributed by atoms with van der Waals surface area (Å²) in [6.07, 6.45) is 0. The zero-order chi connectivity index (χ0) is 16.8. The predicted molar refractivity (Wildman–Crippen MR) is 91.9 cm³/mol. The molecule has 2 amide bonds. The van der Waals surface area contributed by atoms with Gasteiger partial charge in [0.2, 0.25) is 11.8 Å². The van der Waals surface area contributed by atoms with Crippen molar-refractivity contribution in [1.29, 1.82) is 0 Å². The number of nitrogens with two attached hydrogens (primary N) is 1. The van der Waals surface area contributed by atoms with E-state index in [2.05, 4.69) is 5.32 Å². The van der Waals surface area contributed by atoms with Crippen LogP contribution in [0.25, 0.3) is 0 Å². The highest BCUT2D eigenvalue weighted by Gasteiger charge is 2.14. The second kappa shape index (κ2) is 7.69. The smallest absolute Gasteiger partial charge is 0.248 e. The summed E-state index contributed by atoms with van der Waals surface area (Å²) in [7, 11) is 1.61. The van der Waals surface area contributed by atoms with Crippen molar-refractivity contribution in [3.05, 3.63) is 54.1 Å². The van der Waals surface area contributed by atoms with Gasteiger partial charge < -0.3 is 15.8 Å². The van der Waals surface area contributed by atoms with Crippen LogP contribution < -0.4 is 15.8 Å². The maximum atomic E-state index is 12.2. The third-order valence-corrected chi connectivity index (χ3v) is 4.29. The Kier molecular flexibility index (Phi) is 5.65. The lowest BCUT2D eigenvalue weighted by Crippen LogP contribution is -2.22. The number of carbonyl (C=O) groups excluding carboxylic acids is 2. The number of anilines is 1. The van der Waals surface area contributed by atoms with Crippen LogP contribution >= 0.6 is 11.8 Å². The van der Waals surface area contributed by atoms with E-state index in [0.717, 1.165) is 10.6 Å². The molecule has 0 aliphatic rings. The molecule has 0 aliphatic heterocycles. The summed E-state index contributed by atoms with van der Waals surface area (Å²) in [4.78, 5) is 24.2. The van der Waals surface area contributed by atoms with Gasteiger partial charge in [0.1, 0.15) is 5.75 Å². The molecule has 1 atom stereocenters. The summed E-state index contributed by atoms with van der Waals surface area (Å²) < 4.78 is 5.11. The molecule has 2 aromatic carbocycles. The van der Waals surface area contributed by atoms with E-state index in [4.69, 9.17) is 10.5 Å². The summed E-state index contributed by atoms with van der Waals surface area (Å²) >= 11 is 1.46. The molecular weight excluding hydrogens is 312 g/mol. The van der Waals surface area contributed by atoms with Crippen molar-refractivity contribution in [3.63, 3.8) is 0 Å². The van der Waals surface area contributed by atoms with Crippen LogP contribution in [0.2, 0.25) is 0 Å². The van der Waals surface area contributed by atoms with Gasteiger partial charge in [-0.25, -0.2) is 0 Å². The molecule has 2 rings (SSSR count). The fourth-order valence-electron chi connectivity index (χ4n) is 1.87. The molecule has 2 aromatic rings. The molecule has 0 spiro atoms. The number of primary amides is 1. The first kappa shape index (κ1) is 16.9. The minimum atomic E-state index is -0.494. The van der Waals surface area contributed by atoms with E-state index in [1.54, 1.807) is 31.4 Å². The molecule has 1 unspecified atom stereocenters. The van der Waals surface area contributed by atoms with E-state index < -0.39 is 5.91 Å². The fraction of sp³-hybridized carbons (Fsp3) is 0.176. The van der Waals surface area contributed by atoms with Crippen LogP contribution in [0.3, 0.4) is 0 Å². The first-order valence-electron chi connectivity index (χ1n) is 7.01. The van der Waals surface area contributed by atoms with Crippen molar-refractivity contribution in [2.75, 3.05) is 12.4 Å². The molecule has 5 nitrogen and oxygen atoms in total. The van der Waals surface area contributed by atoms with Crippen LogP contribution in [-0.4, -0.2) is 24.2 Å². The Bertz CT molecular complexity index is 684. The average molecular weight is 330 g/mol. The van der Waals surface area contributed by atoms with E-state index in [-0.39, 0.29) is 11.2 Å². The van der Waals surface area contributed by atoms with E-state index in [1.165, 1.54) is 11.8 Å². The molecule has 0 radical (unpaired) electrons. The maximum Gasteiger partial charge on any atom is 0.248 e. The number of thioether (sulfide) groups is 1. The molecule has 0 aliphatic carbocycles. The van der Waals surface area contributed by atoms with Gasteiger partial charge in [0.25, 0.3) is 0 Å². The second-order valence-electron chi connectivity index (χ2n) is 4.87. The van der Waals surface area contributed by atoms with Crippen molar-refractivity contribution >= 4 is 29.3 Å². The summed E-state index contributed by atoms with van der Waals surface area (Å²) in [5.74, 6) is 0.171. The standard InChI is InChI=1S/C17H18N2O3S/c1-11(23-15-9-7-14(22-2)8-10-15)17(21)19-13-5-3-12(4-6-13)16(18)20/h3-11H,1-2H3,(H2,18,20)(H,19,21). The molecule has 0 saturated carbocycles. The van der Waals surface area contributed by atoms with Crippen LogP contribution in [0.4, 0.5) is 5.69 Å². The van der Waals surface area contributed by atoms with Gasteiger partial charge in [0, 0.05) is 16.1 Å². The number of amides is 2. The Labute approximate surface area is 139 Å². The van der Waals surface area contributed by atoms with Gasteiger partial charge in [-0.1, -0.05) is 0 Å². The Hall–Kier alpha value is -2.47. The van der Waals surface area contributed by atoms with Crippen molar-refractivity contribution in [2.45, 2.75) is 17.1 Å². The molecule has 0 saturated heterocycles. The minimum Gasteiger partial charge on any atom is -0.497 e. The molecule has 23 heavy (non-hydrogen) atoms. The van der Waals surface area contributed by atoms with Crippen LogP contribution in [0.1, 0.15) is 17.3 Å². The number of benzene rings is 2. The van der Waals surface area contributed by atoms with E-state index in [0.29, 0.717) is 11.3 Å². The Balaban J connectivity index is 1.94. The van der Waals surface area contributed by atoms with Gasteiger partial charge in [-0.05, 0) is 55.5 Å². The summed E-state index contributed by atoms with van der Waals surface area (Å²) in [6, 6.07) is 14.0. The normalized spacial score (nSPS) is 11.6. The monoisotopic (exact) mass is 330 g/mol. The van der Waals surface area contributed by atoms with Crippen LogP contribution in [-0.2, 0) is 4.79 Å². The van der Waals surface area contributed by atoms with E-state index in [1.807, 2.05) is 31.2 Å².